The average molecular weight is 184 g/mol. The highest BCUT2D eigenvalue weighted by Crippen LogP contribution is 2.30. The zero-order valence-electron chi connectivity index (χ0n) is 7.57. The van der Waals surface area contributed by atoms with E-state index in [0.29, 0.717) is 5.69 Å². The van der Waals surface area contributed by atoms with Gasteiger partial charge in [-0.3, -0.25) is 4.68 Å². The molecule has 0 aromatic carbocycles. The van der Waals surface area contributed by atoms with Crippen LogP contribution in [0.4, 0.5) is 4.39 Å². The minimum absolute atomic E-state index is 0.247. The van der Waals surface area contributed by atoms with Crippen LogP contribution in [-0.4, -0.2) is 14.9 Å². The predicted octanol–water partition coefficient (Wildman–Crippen LogP) is 1.43. The fourth-order valence-electron chi connectivity index (χ4n) is 1.74. The van der Waals surface area contributed by atoms with Crippen molar-refractivity contribution in [2.75, 3.05) is 0 Å². The Morgan fingerprint density at radius 3 is 3.23 bits per heavy atom. The number of hydrogen-bond acceptors (Lipinski definition) is 2. The van der Waals surface area contributed by atoms with E-state index in [2.05, 4.69) is 5.10 Å². The third kappa shape index (κ3) is 1.35. The molecule has 0 saturated carbocycles. The van der Waals surface area contributed by atoms with Gasteiger partial charge in [-0.2, -0.15) is 5.10 Å². The predicted molar refractivity (Wildman–Crippen MR) is 45.8 cm³/mol. The monoisotopic (exact) mass is 184 g/mol. The number of fused-ring (bicyclic) bond motifs is 1. The molecule has 0 fully saturated rings. The Balaban J connectivity index is 2.36. The van der Waals surface area contributed by atoms with E-state index in [4.69, 9.17) is 0 Å². The van der Waals surface area contributed by atoms with Crippen LogP contribution in [0.1, 0.15) is 30.8 Å². The molecule has 1 aliphatic heterocycles. The summed E-state index contributed by atoms with van der Waals surface area (Å²) < 4.78 is 14.0. The molecule has 0 aliphatic carbocycles. The van der Waals surface area contributed by atoms with Gasteiger partial charge in [-0.25, -0.2) is 4.39 Å². The molecule has 1 aliphatic rings. The fourth-order valence-corrected chi connectivity index (χ4v) is 1.74. The summed E-state index contributed by atoms with van der Waals surface area (Å²) in [6, 6.07) is 1.65. The van der Waals surface area contributed by atoms with Crippen LogP contribution in [0.25, 0.3) is 0 Å². The first-order valence-corrected chi connectivity index (χ1v) is 4.53. The molecule has 2 rings (SSSR count). The summed E-state index contributed by atoms with van der Waals surface area (Å²) in [5, 5.41) is 13.8. The molecule has 0 radical (unpaired) electrons. The van der Waals surface area contributed by atoms with E-state index in [9.17, 15) is 9.50 Å². The molecule has 72 valence electrons. The highest BCUT2D eigenvalue weighted by atomic mass is 19.1. The second-order valence-electron chi connectivity index (χ2n) is 3.63. The molecule has 1 N–H and O–H groups in total. The van der Waals surface area contributed by atoms with Gasteiger partial charge in [-0.15, -0.1) is 0 Å². The molecule has 0 amide bonds. The molecule has 2 unspecified atom stereocenters. The summed E-state index contributed by atoms with van der Waals surface area (Å²) in [4.78, 5) is 0. The fraction of sp³-hybridized carbons (Fsp3) is 0.667. The largest absolute Gasteiger partial charge is 0.387 e. The van der Waals surface area contributed by atoms with Crippen LogP contribution in [-0.2, 0) is 13.2 Å². The van der Waals surface area contributed by atoms with E-state index in [1.807, 2.05) is 6.92 Å². The molecule has 1 aromatic rings. The topological polar surface area (TPSA) is 38.0 Å². The summed E-state index contributed by atoms with van der Waals surface area (Å²) in [6.45, 7) is 2.23. The average Bonchev–Trinajstić information content (AvgIpc) is 2.55. The van der Waals surface area contributed by atoms with Gasteiger partial charge in [-0.1, -0.05) is 6.92 Å². The number of hydrogen-bond donors (Lipinski definition) is 1. The Kier molecular flexibility index (Phi) is 2.07. The maximum absolute atomic E-state index is 12.3. The second kappa shape index (κ2) is 3.10. The van der Waals surface area contributed by atoms with E-state index in [0.717, 1.165) is 18.7 Å². The number of halogens is 1. The summed E-state index contributed by atoms with van der Waals surface area (Å²) in [5.74, 6) is 0.247. The highest BCUT2D eigenvalue weighted by molar-refractivity contribution is 5.14. The smallest absolute Gasteiger partial charge is 0.133 e. The van der Waals surface area contributed by atoms with Crippen LogP contribution < -0.4 is 0 Å². The third-order valence-electron chi connectivity index (χ3n) is 2.64. The summed E-state index contributed by atoms with van der Waals surface area (Å²) >= 11 is 0. The van der Waals surface area contributed by atoms with Gasteiger partial charge < -0.3 is 5.11 Å². The van der Waals surface area contributed by atoms with E-state index in [1.54, 1.807) is 10.7 Å². The second-order valence-corrected chi connectivity index (χ2v) is 3.63. The first-order chi connectivity index (χ1) is 6.22. The first kappa shape index (κ1) is 8.69. The molecule has 4 heteroatoms. The molecule has 13 heavy (non-hydrogen) atoms. The van der Waals surface area contributed by atoms with Gasteiger partial charge in [0, 0.05) is 6.54 Å². The number of alkyl halides is 1. The molecule has 1 aromatic heterocycles. The van der Waals surface area contributed by atoms with E-state index >= 15 is 0 Å². The quantitative estimate of drug-likeness (QED) is 0.716. The van der Waals surface area contributed by atoms with Gasteiger partial charge in [0.15, 0.2) is 0 Å². The number of aliphatic hydroxyl groups excluding tert-OH is 1. The summed E-state index contributed by atoms with van der Waals surface area (Å²) in [5.41, 5.74) is 1.18. The Morgan fingerprint density at radius 1 is 1.77 bits per heavy atom. The van der Waals surface area contributed by atoms with Crippen molar-refractivity contribution in [3.8, 4) is 0 Å². The van der Waals surface area contributed by atoms with Crippen LogP contribution in [0, 0.1) is 5.92 Å². The number of aliphatic hydroxyl groups is 1. The van der Waals surface area contributed by atoms with Crippen molar-refractivity contribution in [3.05, 3.63) is 17.5 Å². The normalized spacial score (nSPS) is 27.3. The summed E-state index contributed by atoms with van der Waals surface area (Å²) in [6.07, 6.45) is 0.420. The first-order valence-electron chi connectivity index (χ1n) is 4.53. The standard InChI is InChI=1S/C9H13FN2O/c1-6-2-3-12-8(9(6)13)4-7(5-10)11-12/h4,6,9,13H,2-3,5H2,1H3. The van der Waals surface area contributed by atoms with Gasteiger partial charge >= 0.3 is 0 Å². The number of aryl methyl sites for hydroxylation is 1. The van der Waals surface area contributed by atoms with E-state index < -0.39 is 12.8 Å². The van der Waals surface area contributed by atoms with Gasteiger partial charge in [-0.05, 0) is 18.4 Å². The lowest BCUT2D eigenvalue weighted by molar-refractivity contribution is 0.0825. The van der Waals surface area contributed by atoms with Crippen LogP contribution >= 0.6 is 0 Å². The molecule has 3 nitrogen and oxygen atoms in total. The Hall–Kier alpha value is -0.900. The SMILES string of the molecule is CC1CCn2nc(CF)cc2C1O. The van der Waals surface area contributed by atoms with Crippen LogP contribution in [0.2, 0.25) is 0 Å². The van der Waals surface area contributed by atoms with E-state index in [-0.39, 0.29) is 5.92 Å². The highest BCUT2D eigenvalue weighted by Gasteiger charge is 2.26. The molecule has 2 heterocycles. The van der Waals surface area contributed by atoms with Crippen LogP contribution in [0.5, 0.6) is 0 Å². The van der Waals surface area contributed by atoms with Crippen molar-refractivity contribution in [3.63, 3.8) is 0 Å². The molecular formula is C9H13FN2O. The molecular weight excluding hydrogens is 171 g/mol. The van der Waals surface area contributed by atoms with Crippen molar-refractivity contribution in [1.82, 2.24) is 9.78 Å². The Bertz CT molecular complexity index is 311. The van der Waals surface area contributed by atoms with Gasteiger partial charge in [0.2, 0.25) is 0 Å². The lowest BCUT2D eigenvalue weighted by atomic mass is 9.95. The number of rotatable bonds is 1. The molecule has 0 bridgehead atoms. The van der Waals surface area contributed by atoms with Crippen LogP contribution in [0.15, 0.2) is 6.07 Å². The Labute approximate surface area is 76.2 Å². The minimum atomic E-state index is -0.554. The number of aromatic nitrogens is 2. The molecule has 2 atom stereocenters. The van der Waals surface area contributed by atoms with Gasteiger partial charge in [0.25, 0.3) is 0 Å². The molecule has 0 spiro atoms. The summed E-state index contributed by atoms with van der Waals surface area (Å²) in [7, 11) is 0. The van der Waals surface area contributed by atoms with Gasteiger partial charge in [0.1, 0.15) is 6.67 Å². The number of nitrogens with zero attached hydrogens (tertiary/aromatic N) is 2. The Morgan fingerprint density at radius 2 is 2.54 bits per heavy atom. The lowest BCUT2D eigenvalue weighted by Crippen LogP contribution is -2.22. The zero-order valence-corrected chi connectivity index (χ0v) is 7.57. The van der Waals surface area contributed by atoms with Gasteiger partial charge in [0.05, 0.1) is 17.5 Å². The lowest BCUT2D eigenvalue weighted by Gasteiger charge is -2.25. The van der Waals surface area contributed by atoms with Crippen molar-refractivity contribution in [2.45, 2.75) is 32.7 Å². The van der Waals surface area contributed by atoms with Crippen molar-refractivity contribution >= 4 is 0 Å². The van der Waals surface area contributed by atoms with Crippen molar-refractivity contribution in [1.29, 1.82) is 0 Å². The van der Waals surface area contributed by atoms with Crippen molar-refractivity contribution < 1.29 is 9.50 Å². The minimum Gasteiger partial charge on any atom is -0.387 e. The van der Waals surface area contributed by atoms with E-state index in [1.165, 1.54) is 0 Å². The third-order valence-corrected chi connectivity index (χ3v) is 2.64. The van der Waals surface area contributed by atoms with Crippen molar-refractivity contribution in [2.24, 2.45) is 5.92 Å². The zero-order chi connectivity index (χ0) is 9.42. The van der Waals surface area contributed by atoms with Crippen LogP contribution in [0.3, 0.4) is 0 Å². The maximum Gasteiger partial charge on any atom is 0.133 e. The molecule has 0 saturated heterocycles. The maximum atomic E-state index is 12.3.